The number of nitrogens with zero attached hydrogens (tertiary/aromatic N) is 6. The number of amides is 1. The van der Waals surface area contributed by atoms with Gasteiger partial charge in [0, 0.05) is 43.1 Å². The van der Waals surface area contributed by atoms with Crippen LogP contribution in [0.2, 0.25) is 0 Å². The van der Waals surface area contributed by atoms with Crippen LogP contribution in [0.3, 0.4) is 0 Å². The van der Waals surface area contributed by atoms with Gasteiger partial charge >= 0.3 is 12.1 Å². The first-order valence-electron chi connectivity index (χ1n) is 12.4. The molecule has 0 saturated heterocycles. The predicted octanol–water partition coefficient (Wildman–Crippen LogP) is 3.86. The van der Waals surface area contributed by atoms with Gasteiger partial charge in [-0.25, -0.2) is 22.5 Å². The van der Waals surface area contributed by atoms with Crippen molar-refractivity contribution in [3.05, 3.63) is 46.8 Å². The number of sulfonamides is 1. The molecule has 0 unspecified atom stereocenters. The van der Waals surface area contributed by atoms with Crippen molar-refractivity contribution in [2.45, 2.75) is 57.0 Å². The Balaban J connectivity index is 1.67. The molecule has 0 N–H and O–H groups in total. The number of rotatable bonds is 13. The summed E-state index contributed by atoms with van der Waals surface area (Å²) in [6.45, 7) is 5.03. The number of fused-ring (bicyclic) bond motifs is 1. The lowest BCUT2D eigenvalue weighted by Gasteiger charge is -2.27. The van der Waals surface area contributed by atoms with E-state index in [1.807, 2.05) is 0 Å². The SMILES string of the molecule is COC(=O)CN(CCCCCCN(C(=O)OC(C)(C)C)S(=O)(=O)c1ccccc1[N+](=O)[O-])c1nsc2nccn12. The molecule has 0 atom stereocenters. The first-order valence-corrected chi connectivity index (χ1v) is 14.7. The Bertz CT molecular complexity index is 1450. The predicted molar refractivity (Wildman–Crippen MR) is 147 cm³/mol. The molecule has 0 saturated carbocycles. The van der Waals surface area contributed by atoms with Crippen molar-refractivity contribution in [3.8, 4) is 0 Å². The standard InChI is InChI=1S/C24H32N6O8S2/c1-24(2,3)38-23(32)29(40(35,36)19-12-8-7-11-18(19)30(33)34)15-10-6-5-9-14-27(17-20(31)37-4)21-26-39-22-25-13-16-28(21)22/h7-8,11-13,16H,5-6,9-10,14-15,17H2,1-4H3. The van der Waals surface area contributed by atoms with Crippen LogP contribution in [0.15, 0.2) is 41.6 Å². The number of esters is 1. The molecule has 0 spiro atoms. The Morgan fingerprint density at radius 2 is 1.80 bits per heavy atom. The van der Waals surface area contributed by atoms with Crippen molar-refractivity contribution in [2.24, 2.45) is 0 Å². The highest BCUT2D eigenvalue weighted by molar-refractivity contribution is 7.89. The molecule has 1 amide bonds. The number of anilines is 1. The van der Waals surface area contributed by atoms with E-state index in [1.165, 1.54) is 30.8 Å². The lowest BCUT2D eigenvalue weighted by Crippen LogP contribution is -2.41. The van der Waals surface area contributed by atoms with E-state index in [2.05, 4.69) is 9.36 Å². The summed E-state index contributed by atoms with van der Waals surface area (Å²) in [6.07, 6.45) is 4.39. The van der Waals surface area contributed by atoms with Crippen molar-refractivity contribution in [1.82, 2.24) is 18.1 Å². The van der Waals surface area contributed by atoms with E-state index in [0.717, 1.165) is 12.1 Å². The van der Waals surface area contributed by atoms with E-state index in [4.69, 9.17) is 9.47 Å². The van der Waals surface area contributed by atoms with Gasteiger partial charge in [0.25, 0.3) is 15.7 Å². The van der Waals surface area contributed by atoms with Gasteiger partial charge in [0.1, 0.15) is 12.1 Å². The summed E-state index contributed by atoms with van der Waals surface area (Å²) < 4.78 is 43.6. The molecule has 0 bridgehead atoms. The number of ether oxygens (including phenoxy) is 2. The number of aromatic nitrogens is 3. The van der Waals surface area contributed by atoms with Gasteiger partial charge in [-0.3, -0.25) is 19.3 Å². The van der Waals surface area contributed by atoms with Crippen molar-refractivity contribution < 1.29 is 32.4 Å². The molecular formula is C24H32N6O8S2. The van der Waals surface area contributed by atoms with Crippen LogP contribution >= 0.6 is 11.5 Å². The highest BCUT2D eigenvalue weighted by atomic mass is 32.2. The van der Waals surface area contributed by atoms with Crippen LogP contribution in [0.5, 0.6) is 0 Å². The van der Waals surface area contributed by atoms with E-state index >= 15 is 0 Å². The molecule has 1 aromatic carbocycles. The molecule has 0 aliphatic rings. The van der Waals surface area contributed by atoms with Crippen LogP contribution in [-0.4, -0.2) is 75.8 Å². The fourth-order valence-corrected chi connectivity index (χ4v) is 6.00. The van der Waals surface area contributed by atoms with Crippen LogP contribution in [0, 0.1) is 10.1 Å². The summed E-state index contributed by atoms with van der Waals surface area (Å²) in [4.78, 5) is 41.6. The molecule has 0 aliphatic heterocycles. The Morgan fingerprint density at radius 1 is 1.12 bits per heavy atom. The Kier molecular flexibility index (Phi) is 10.0. The fraction of sp³-hybridized carbons (Fsp3) is 0.500. The number of benzene rings is 1. The maximum Gasteiger partial charge on any atom is 0.424 e. The van der Waals surface area contributed by atoms with E-state index in [9.17, 15) is 28.1 Å². The number of para-hydroxylation sites is 1. The van der Waals surface area contributed by atoms with Gasteiger partial charge < -0.3 is 14.4 Å². The highest BCUT2D eigenvalue weighted by Gasteiger charge is 2.36. The highest BCUT2D eigenvalue weighted by Crippen LogP contribution is 2.28. The van der Waals surface area contributed by atoms with Gasteiger partial charge in [-0.15, -0.1) is 0 Å². The lowest BCUT2D eigenvalue weighted by molar-refractivity contribution is -0.387. The second kappa shape index (κ2) is 13.0. The number of carbonyl (C=O) groups is 2. The minimum atomic E-state index is -4.57. The summed E-state index contributed by atoms with van der Waals surface area (Å²) >= 11 is 1.20. The molecule has 2 aromatic heterocycles. The quantitative estimate of drug-likeness (QED) is 0.122. The van der Waals surface area contributed by atoms with Crippen LogP contribution in [-0.2, 0) is 24.3 Å². The summed E-state index contributed by atoms with van der Waals surface area (Å²) in [5.74, 6) is 0.143. The molecule has 218 valence electrons. The minimum Gasteiger partial charge on any atom is -0.468 e. The number of carbonyl (C=O) groups excluding carboxylic acids is 2. The smallest absolute Gasteiger partial charge is 0.424 e. The number of hydrogen-bond acceptors (Lipinski definition) is 12. The van der Waals surface area contributed by atoms with Crippen LogP contribution in [0.25, 0.3) is 4.96 Å². The van der Waals surface area contributed by atoms with Gasteiger partial charge in [-0.05, 0) is 39.7 Å². The summed E-state index contributed by atoms with van der Waals surface area (Å²) in [5, 5.41) is 11.5. The van der Waals surface area contributed by atoms with Gasteiger partial charge in [0.15, 0.2) is 4.90 Å². The molecule has 40 heavy (non-hydrogen) atoms. The zero-order valence-corrected chi connectivity index (χ0v) is 24.3. The third-order valence-corrected chi connectivity index (χ3v) is 8.16. The molecule has 3 rings (SSSR count). The van der Waals surface area contributed by atoms with E-state index in [0.29, 0.717) is 47.4 Å². The summed E-state index contributed by atoms with van der Waals surface area (Å²) in [6, 6.07) is 4.87. The number of methoxy groups -OCH3 is 1. The lowest BCUT2D eigenvalue weighted by atomic mass is 10.2. The second-order valence-electron chi connectivity index (χ2n) is 9.76. The van der Waals surface area contributed by atoms with Gasteiger partial charge in [-0.2, -0.15) is 4.37 Å². The van der Waals surface area contributed by atoms with Crippen molar-refractivity contribution in [3.63, 3.8) is 0 Å². The topological polar surface area (TPSA) is 167 Å². The normalized spacial score (nSPS) is 11.8. The number of hydrogen-bond donors (Lipinski definition) is 0. The minimum absolute atomic E-state index is 0.00592. The van der Waals surface area contributed by atoms with Gasteiger partial charge in [0.05, 0.1) is 12.0 Å². The summed E-state index contributed by atoms with van der Waals surface area (Å²) in [5.41, 5.74) is -1.61. The third-order valence-electron chi connectivity index (χ3n) is 5.63. The second-order valence-corrected chi connectivity index (χ2v) is 12.3. The average molecular weight is 597 g/mol. The van der Waals surface area contributed by atoms with Crippen LogP contribution in [0.4, 0.5) is 16.4 Å². The molecule has 2 heterocycles. The molecule has 16 heteroatoms. The first kappa shape index (κ1) is 30.7. The third kappa shape index (κ3) is 7.65. The summed E-state index contributed by atoms with van der Waals surface area (Å²) in [7, 11) is -3.27. The maximum atomic E-state index is 13.4. The van der Waals surface area contributed by atoms with Crippen molar-refractivity contribution >= 4 is 50.2 Å². The number of imidazole rings is 1. The van der Waals surface area contributed by atoms with Gasteiger partial charge in [-0.1, -0.05) is 25.0 Å². The maximum absolute atomic E-state index is 13.4. The Morgan fingerprint density at radius 3 is 2.45 bits per heavy atom. The number of nitro benzene ring substituents is 1. The first-order chi connectivity index (χ1) is 18.8. The molecule has 0 aliphatic carbocycles. The van der Waals surface area contributed by atoms with E-state index < -0.39 is 43.2 Å². The van der Waals surface area contributed by atoms with Crippen LogP contribution < -0.4 is 4.90 Å². The Hall–Kier alpha value is -3.79. The average Bonchev–Trinajstić information content (AvgIpc) is 3.50. The largest absolute Gasteiger partial charge is 0.468 e. The molecule has 0 fully saturated rings. The fourth-order valence-electron chi connectivity index (χ4n) is 3.79. The van der Waals surface area contributed by atoms with Crippen molar-refractivity contribution in [1.29, 1.82) is 0 Å². The molecular weight excluding hydrogens is 564 g/mol. The molecule has 0 radical (unpaired) electrons. The van der Waals surface area contributed by atoms with Crippen molar-refractivity contribution in [2.75, 3.05) is 31.6 Å². The zero-order valence-electron chi connectivity index (χ0n) is 22.7. The monoisotopic (exact) mass is 596 g/mol. The van der Waals surface area contributed by atoms with Gasteiger partial charge in [0.2, 0.25) is 10.9 Å². The van der Waals surface area contributed by atoms with Crippen LogP contribution in [0.1, 0.15) is 46.5 Å². The molecule has 14 nitrogen and oxygen atoms in total. The Labute approximate surface area is 235 Å². The number of unbranched alkanes of at least 4 members (excludes halogenated alkanes) is 3. The number of nitro groups is 1. The molecule has 3 aromatic rings. The zero-order chi connectivity index (χ0) is 29.5. The van der Waals surface area contributed by atoms with E-state index in [1.54, 1.807) is 42.5 Å². The van der Waals surface area contributed by atoms with E-state index in [-0.39, 0.29) is 13.1 Å².